The van der Waals surface area contributed by atoms with E-state index in [0.29, 0.717) is 42.0 Å². The molecule has 2 aromatic rings. The number of nitrogens with one attached hydrogen (secondary N) is 2. The van der Waals surface area contributed by atoms with Crippen LogP contribution in [0.5, 0.6) is 5.75 Å². The quantitative estimate of drug-likeness (QED) is 0.317. The Labute approximate surface area is 181 Å². The van der Waals surface area contributed by atoms with Crippen molar-refractivity contribution in [1.29, 1.82) is 0 Å². The Hall–Kier alpha value is -2.27. The number of fused-ring (bicyclic) bond motifs is 1. The topological polar surface area (TPSA) is 90.8 Å². The Balaban J connectivity index is 1.76. The number of ether oxygens (including phenoxy) is 1. The molecule has 0 aliphatic carbocycles. The lowest BCUT2D eigenvalue weighted by Gasteiger charge is -2.28. The maximum absolute atomic E-state index is 12.8. The van der Waals surface area contributed by atoms with Crippen molar-refractivity contribution in [2.45, 2.75) is 48.5 Å². The second-order valence-electron chi connectivity index (χ2n) is 7.24. The zero-order valence-corrected chi connectivity index (χ0v) is 17.3. The molecular formula is C21H23F3N2O4S. The number of rotatable bonds is 3. The Morgan fingerprint density at radius 1 is 1.16 bits per heavy atom. The zero-order valence-electron chi connectivity index (χ0n) is 16.5. The summed E-state index contributed by atoms with van der Waals surface area (Å²) in [4.78, 5) is 13.0. The van der Waals surface area contributed by atoms with Crippen molar-refractivity contribution in [3.05, 3.63) is 59.7 Å². The highest BCUT2D eigenvalue weighted by molar-refractivity contribution is 7.97. The first-order valence-corrected chi connectivity index (χ1v) is 10.6. The number of benzene rings is 2. The van der Waals surface area contributed by atoms with Crippen molar-refractivity contribution < 1.29 is 33.0 Å². The number of hydroxylamine groups is 1. The van der Waals surface area contributed by atoms with E-state index in [2.05, 4.69) is 4.72 Å². The first kappa shape index (κ1) is 23.4. The third kappa shape index (κ3) is 5.70. The van der Waals surface area contributed by atoms with E-state index in [4.69, 9.17) is 9.94 Å². The first-order valence-electron chi connectivity index (χ1n) is 9.74. The molecule has 10 heteroatoms. The van der Waals surface area contributed by atoms with Crippen molar-refractivity contribution in [3.8, 4) is 5.75 Å². The van der Waals surface area contributed by atoms with Crippen LogP contribution in [0.2, 0.25) is 0 Å². The lowest BCUT2D eigenvalue weighted by atomic mass is 9.87. The molecule has 1 aliphatic rings. The largest absolute Gasteiger partial charge is 0.490 e. The molecule has 31 heavy (non-hydrogen) atoms. The Bertz CT molecular complexity index is 895. The fourth-order valence-corrected chi connectivity index (χ4v) is 4.34. The monoisotopic (exact) mass is 456 g/mol. The average Bonchev–Trinajstić information content (AvgIpc) is 2.78. The van der Waals surface area contributed by atoms with Gasteiger partial charge in [0.1, 0.15) is 5.75 Å². The van der Waals surface area contributed by atoms with Gasteiger partial charge in [-0.05, 0) is 68.0 Å². The molecule has 0 radical (unpaired) electrons. The molecule has 168 valence electrons. The summed E-state index contributed by atoms with van der Waals surface area (Å²) >= 11 is 1.25. The van der Waals surface area contributed by atoms with Gasteiger partial charge in [0.05, 0.1) is 11.7 Å². The van der Waals surface area contributed by atoms with Gasteiger partial charge in [-0.3, -0.25) is 14.7 Å². The summed E-state index contributed by atoms with van der Waals surface area (Å²) in [5.74, 6) is -0.618. The number of carbonyl (C=O) groups is 1. The van der Waals surface area contributed by atoms with Gasteiger partial charge in [-0.15, -0.1) is 0 Å². The minimum Gasteiger partial charge on any atom is -0.490 e. The summed E-state index contributed by atoms with van der Waals surface area (Å²) in [5, 5.41) is 20.3. The van der Waals surface area contributed by atoms with Crippen LogP contribution in [0.25, 0.3) is 0 Å². The number of alkyl halides is 3. The van der Waals surface area contributed by atoms with Crippen LogP contribution in [-0.2, 0) is 16.6 Å². The smallest absolute Gasteiger partial charge is 0.416 e. The maximum atomic E-state index is 12.8. The minimum atomic E-state index is -4.42. The van der Waals surface area contributed by atoms with E-state index in [-0.39, 0.29) is 12.5 Å². The third-order valence-corrected chi connectivity index (χ3v) is 6.03. The number of hydrogen-bond donors (Lipinski definition) is 4. The number of aliphatic hydroxyl groups is 1. The molecule has 1 amide bonds. The van der Waals surface area contributed by atoms with E-state index in [1.165, 1.54) is 24.1 Å². The van der Waals surface area contributed by atoms with Gasteiger partial charge in [0, 0.05) is 17.0 Å². The van der Waals surface area contributed by atoms with Gasteiger partial charge in [-0.1, -0.05) is 18.2 Å². The fraction of sp³-hybridized carbons (Fsp3) is 0.381. The van der Waals surface area contributed by atoms with Gasteiger partial charge in [0.2, 0.25) is 0 Å². The van der Waals surface area contributed by atoms with Gasteiger partial charge in [0.15, 0.2) is 5.60 Å². The van der Waals surface area contributed by atoms with Crippen LogP contribution >= 0.6 is 11.9 Å². The van der Waals surface area contributed by atoms with Crippen molar-refractivity contribution in [2.75, 3.05) is 6.54 Å². The molecule has 0 bridgehead atoms. The summed E-state index contributed by atoms with van der Waals surface area (Å²) in [6.45, 7) is 0.537. The van der Waals surface area contributed by atoms with Crippen LogP contribution in [-0.4, -0.2) is 28.9 Å². The molecule has 6 nitrogen and oxygen atoms in total. The van der Waals surface area contributed by atoms with Crippen molar-refractivity contribution in [1.82, 2.24) is 10.2 Å². The van der Waals surface area contributed by atoms with E-state index >= 15 is 0 Å². The standard InChI is InChI=1S/C21H23F3N2O4S/c22-21(23,24)14-7-9-16(10-8-14)30-15-4-3-12-20(28,19(27)26-29)17-5-1-2-6-18(17)31-25-13-11-15/h1-2,5-10,15,25,28-29H,3-4,11-13H2,(H,26,27). The summed E-state index contributed by atoms with van der Waals surface area (Å²) in [6.07, 6.45) is -3.32. The highest BCUT2D eigenvalue weighted by Crippen LogP contribution is 2.36. The molecule has 1 heterocycles. The van der Waals surface area contributed by atoms with Crippen LogP contribution in [0.3, 0.4) is 0 Å². The summed E-state index contributed by atoms with van der Waals surface area (Å²) in [7, 11) is 0. The van der Waals surface area contributed by atoms with E-state index in [0.717, 1.165) is 12.1 Å². The van der Waals surface area contributed by atoms with Gasteiger partial charge in [-0.25, -0.2) is 5.48 Å². The Morgan fingerprint density at radius 3 is 2.55 bits per heavy atom. The molecule has 2 aromatic carbocycles. The van der Waals surface area contributed by atoms with Crippen molar-refractivity contribution >= 4 is 17.9 Å². The predicted octanol–water partition coefficient (Wildman–Crippen LogP) is 4.02. The van der Waals surface area contributed by atoms with Gasteiger partial charge >= 0.3 is 6.18 Å². The van der Waals surface area contributed by atoms with E-state index < -0.39 is 23.2 Å². The summed E-state index contributed by atoms with van der Waals surface area (Å²) < 4.78 is 47.3. The second-order valence-corrected chi connectivity index (χ2v) is 8.17. The number of amides is 1. The molecule has 3 rings (SSSR count). The lowest BCUT2D eigenvalue weighted by Crippen LogP contribution is -2.43. The second kappa shape index (κ2) is 9.90. The molecule has 2 atom stereocenters. The SMILES string of the molecule is O=C(NO)C1(O)CCCC(Oc2ccc(C(F)(F)F)cc2)CCNSc2ccccc21. The lowest BCUT2D eigenvalue weighted by molar-refractivity contribution is -0.151. The van der Waals surface area contributed by atoms with Crippen molar-refractivity contribution in [2.24, 2.45) is 0 Å². The van der Waals surface area contributed by atoms with Crippen LogP contribution in [0, 0.1) is 0 Å². The van der Waals surface area contributed by atoms with Crippen molar-refractivity contribution in [3.63, 3.8) is 0 Å². The first-order chi connectivity index (χ1) is 14.7. The highest BCUT2D eigenvalue weighted by atomic mass is 32.2. The molecule has 0 saturated carbocycles. The number of halogens is 3. The molecule has 0 aromatic heterocycles. The van der Waals surface area contributed by atoms with Gasteiger partial charge in [0.25, 0.3) is 5.91 Å². The molecule has 0 saturated heterocycles. The number of hydrogen-bond acceptors (Lipinski definition) is 6. The molecular weight excluding hydrogens is 433 g/mol. The van der Waals surface area contributed by atoms with Crippen LogP contribution < -0.4 is 14.9 Å². The summed E-state index contributed by atoms with van der Waals surface area (Å²) in [5.41, 5.74) is -0.774. The third-order valence-electron chi connectivity index (χ3n) is 5.11. The fourth-order valence-electron chi connectivity index (χ4n) is 3.47. The molecule has 2 unspecified atom stereocenters. The molecule has 0 fully saturated rings. The van der Waals surface area contributed by atoms with E-state index in [1.807, 2.05) is 0 Å². The highest BCUT2D eigenvalue weighted by Gasteiger charge is 2.39. The maximum Gasteiger partial charge on any atom is 0.416 e. The van der Waals surface area contributed by atoms with Gasteiger partial charge < -0.3 is 9.84 Å². The van der Waals surface area contributed by atoms with Crippen LogP contribution in [0.4, 0.5) is 13.2 Å². The normalized spacial score (nSPS) is 22.7. The van der Waals surface area contributed by atoms with Gasteiger partial charge in [-0.2, -0.15) is 13.2 Å². The van der Waals surface area contributed by atoms with E-state index in [9.17, 15) is 23.1 Å². The molecule has 0 spiro atoms. The zero-order chi connectivity index (χ0) is 22.5. The Morgan fingerprint density at radius 2 is 1.87 bits per heavy atom. The molecule has 4 N–H and O–H groups in total. The average molecular weight is 456 g/mol. The van der Waals surface area contributed by atoms with E-state index in [1.54, 1.807) is 29.7 Å². The Kier molecular flexibility index (Phi) is 7.47. The van der Waals surface area contributed by atoms with Crippen LogP contribution in [0.15, 0.2) is 53.4 Å². The molecule has 1 aliphatic heterocycles. The summed E-state index contributed by atoms with van der Waals surface area (Å²) in [6, 6.07) is 11.4. The number of carbonyl (C=O) groups excluding carboxylic acids is 1. The predicted molar refractivity (Wildman–Crippen MR) is 108 cm³/mol. The minimum absolute atomic E-state index is 0.0316. The van der Waals surface area contributed by atoms with Crippen LogP contribution in [0.1, 0.15) is 36.8 Å².